The highest BCUT2D eigenvalue weighted by Crippen LogP contribution is 2.24. The molecule has 0 saturated carbocycles. The third-order valence-electron chi connectivity index (χ3n) is 3.82. The number of hydrogen-bond donors (Lipinski definition) is 2. The molecule has 2 aromatic carbocycles. The van der Waals surface area contributed by atoms with Crippen LogP contribution in [0.5, 0.6) is 5.75 Å². The maximum atomic E-state index is 12.4. The summed E-state index contributed by atoms with van der Waals surface area (Å²) in [4.78, 5) is 37.7. The van der Waals surface area contributed by atoms with Crippen LogP contribution in [0, 0.1) is 0 Å². The summed E-state index contributed by atoms with van der Waals surface area (Å²) >= 11 is 0. The molecule has 2 rings (SSSR count). The Kier molecular flexibility index (Phi) is 7.80. The SMILES string of the molecule is CN(C(=O)COc1ccccc1NC(=O)CNC(=O)OC(C)(C)C)c1ccccc1. The number of rotatable bonds is 7. The van der Waals surface area contributed by atoms with Gasteiger partial charge in [0, 0.05) is 12.7 Å². The van der Waals surface area contributed by atoms with Crippen molar-refractivity contribution in [2.45, 2.75) is 26.4 Å². The molecule has 0 saturated heterocycles. The first-order valence-corrected chi connectivity index (χ1v) is 9.46. The predicted molar refractivity (Wildman–Crippen MR) is 115 cm³/mol. The van der Waals surface area contributed by atoms with Crippen molar-refractivity contribution >= 4 is 29.3 Å². The number of anilines is 2. The average molecular weight is 413 g/mol. The van der Waals surface area contributed by atoms with E-state index in [4.69, 9.17) is 9.47 Å². The van der Waals surface area contributed by atoms with Crippen LogP contribution in [0.4, 0.5) is 16.2 Å². The molecule has 0 fully saturated rings. The standard InChI is InChI=1S/C22H27N3O5/c1-22(2,3)30-21(28)23-14-19(26)24-17-12-8-9-13-18(17)29-15-20(27)25(4)16-10-6-5-7-11-16/h5-13H,14-15H2,1-4H3,(H,23,28)(H,24,26). The van der Waals surface area contributed by atoms with Crippen LogP contribution in [0.1, 0.15) is 20.8 Å². The minimum atomic E-state index is -0.684. The number of para-hydroxylation sites is 3. The summed E-state index contributed by atoms with van der Waals surface area (Å²) in [6.07, 6.45) is -0.684. The van der Waals surface area contributed by atoms with E-state index in [1.165, 1.54) is 4.90 Å². The van der Waals surface area contributed by atoms with Crippen LogP contribution >= 0.6 is 0 Å². The molecule has 2 N–H and O–H groups in total. The topological polar surface area (TPSA) is 97.0 Å². The van der Waals surface area contributed by atoms with Crippen LogP contribution in [0.3, 0.4) is 0 Å². The highest BCUT2D eigenvalue weighted by molar-refractivity contribution is 5.96. The van der Waals surface area contributed by atoms with Gasteiger partial charge in [-0.1, -0.05) is 30.3 Å². The van der Waals surface area contributed by atoms with Crippen molar-refractivity contribution in [1.82, 2.24) is 5.32 Å². The Morgan fingerprint density at radius 1 is 0.967 bits per heavy atom. The van der Waals surface area contributed by atoms with Crippen molar-refractivity contribution in [3.8, 4) is 5.75 Å². The first kappa shape index (κ1) is 22.7. The number of likely N-dealkylation sites (N-methyl/N-ethyl adjacent to an activating group) is 1. The van der Waals surface area contributed by atoms with E-state index in [1.807, 2.05) is 30.3 Å². The summed E-state index contributed by atoms with van der Waals surface area (Å²) in [6.45, 7) is 4.73. The Labute approximate surface area is 176 Å². The van der Waals surface area contributed by atoms with Gasteiger partial charge in [-0.25, -0.2) is 4.79 Å². The maximum absolute atomic E-state index is 12.4. The summed E-state index contributed by atoms with van der Waals surface area (Å²) in [5.74, 6) is -0.350. The van der Waals surface area contributed by atoms with E-state index in [-0.39, 0.29) is 19.1 Å². The lowest BCUT2D eigenvalue weighted by atomic mass is 10.2. The summed E-state index contributed by atoms with van der Waals surface area (Å²) in [7, 11) is 1.66. The lowest BCUT2D eigenvalue weighted by Gasteiger charge is -2.20. The van der Waals surface area contributed by atoms with Gasteiger partial charge in [0.05, 0.1) is 5.69 Å². The number of benzene rings is 2. The van der Waals surface area contributed by atoms with Gasteiger partial charge in [-0.2, -0.15) is 0 Å². The number of alkyl carbamates (subject to hydrolysis) is 1. The fourth-order valence-corrected chi connectivity index (χ4v) is 2.39. The molecule has 8 heteroatoms. The lowest BCUT2D eigenvalue weighted by molar-refractivity contribution is -0.120. The number of carbonyl (C=O) groups is 3. The van der Waals surface area contributed by atoms with Crippen LogP contribution in [0.2, 0.25) is 0 Å². The zero-order valence-electron chi connectivity index (χ0n) is 17.6. The first-order chi connectivity index (χ1) is 14.2. The van der Waals surface area contributed by atoms with Gasteiger partial charge >= 0.3 is 6.09 Å². The van der Waals surface area contributed by atoms with Crippen molar-refractivity contribution in [2.24, 2.45) is 0 Å². The molecule has 0 bridgehead atoms. The number of nitrogens with one attached hydrogen (secondary N) is 2. The quantitative estimate of drug-likeness (QED) is 0.727. The van der Waals surface area contributed by atoms with Gasteiger partial charge in [0.2, 0.25) is 5.91 Å². The molecule has 160 valence electrons. The van der Waals surface area contributed by atoms with E-state index in [9.17, 15) is 14.4 Å². The first-order valence-electron chi connectivity index (χ1n) is 9.46. The fraction of sp³-hybridized carbons (Fsp3) is 0.318. The molecular weight excluding hydrogens is 386 g/mol. The van der Waals surface area contributed by atoms with Crippen molar-refractivity contribution in [2.75, 3.05) is 30.4 Å². The van der Waals surface area contributed by atoms with E-state index in [0.717, 1.165) is 5.69 Å². The minimum Gasteiger partial charge on any atom is -0.482 e. The molecule has 0 heterocycles. The molecular formula is C22H27N3O5. The molecule has 8 nitrogen and oxygen atoms in total. The number of carbonyl (C=O) groups excluding carboxylic acids is 3. The summed E-state index contributed by atoms with van der Waals surface area (Å²) in [5, 5.41) is 5.04. The molecule has 0 unspecified atom stereocenters. The molecule has 0 aromatic heterocycles. The Morgan fingerprint density at radius 3 is 2.27 bits per heavy atom. The van der Waals surface area contributed by atoms with Gasteiger partial charge in [0.15, 0.2) is 6.61 Å². The second kappa shape index (κ2) is 10.3. The van der Waals surface area contributed by atoms with Crippen LogP contribution in [0.25, 0.3) is 0 Å². The second-order valence-corrected chi connectivity index (χ2v) is 7.48. The number of nitrogens with zero attached hydrogens (tertiary/aromatic N) is 1. The van der Waals surface area contributed by atoms with E-state index >= 15 is 0 Å². The largest absolute Gasteiger partial charge is 0.482 e. The number of amides is 3. The number of ether oxygens (including phenoxy) is 2. The molecule has 0 aliphatic rings. The predicted octanol–water partition coefficient (Wildman–Crippen LogP) is 3.19. The number of hydrogen-bond acceptors (Lipinski definition) is 5. The zero-order valence-corrected chi connectivity index (χ0v) is 17.6. The van der Waals surface area contributed by atoms with Crippen LogP contribution in [0.15, 0.2) is 54.6 Å². The van der Waals surface area contributed by atoms with E-state index in [1.54, 1.807) is 52.1 Å². The van der Waals surface area contributed by atoms with Gasteiger partial charge in [0.25, 0.3) is 5.91 Å². The summed E-state index contributed by atoms with van der Waals surface area (Å²) < 4.78 is 10.7. The lowest BCUT2D eigenvalue weighted by Crippen LogP contribution is -2.37. The van der Waals surface area contributed by atoms with Gasteiger partial charge < -0.3 is 25.0 Å². The monoisotopic (exact) mass is 413 g/mol. The van der Waals surface area contributed by atoms with Gasteiger partial charge in [-0.15, -0.1) is 0 Å². The smallest absolute Gasteiger partial charge is 0.408 e. The summed E-state index contributed by atoms with van der Waals surface area (Å²) in [5.41, 5.74) is 0.491. The van der Waals surface area contributed by atoms with Crippen molar-refractivity contribution in [3.05, 3.63) is 54.6 Å². The maximum Gasteiger partial charge on any atom is 0.408 e. The van der Waals surface area contributed by atoms with Gasteiger partial charge in [-0.3, -0.25) is 9.59 Å². The Hall–Kier alpha value is -3.55. The third-order valence-corrected chi connectivity index (χ3v) is 3.82. The molecule has 0 radical (unpaired) electrons. The van der Waals surface area contributed by atoms with Crippen molar-refractivity contribution in [1.29, 1.82) is 0 Å². The van der Waals surface area contributed by atoms with Gasteiger partial charge in [-0.05, 0) is 45.0 Å². The average Bonchev–Trinajstić information content (AvgIpc) is 2.70. The highest BCUT2D eigenvalue weighted by Gasteiger charge is 2.17. The van der Waals surface area contributed by atoms with E-state index < -0.39 is 17.6 Å². The Bertz CT molecular complexity index is 878. The molecule has 0 aliphatic heterocycles. The molecule has 0 aliphatic carbocycles. The van der Waals surface area contributed by atoms with Crippen LogP contribution in [-0.2, 0) is 14.3 Å². The van der Waals surface area contributed by atoms with E-state index in [2.05, 4.69) is 10.6 Å². The van der Waals surface area contributed by atoms with Crippen molar-refractivity contribution in [3.63, 3.8) is 0 Å². The molecule has 0 spiro atoms. The van der Waals surface area contributed by atoms with Crippen molar-refractivity contribution < 1.29 is 23.9 Å². The molecule has 0 atom stereocenters. The molecule has 3 amide bonds. The third kappa shape index (κ3) is 7.46. The Morgan fingerprint density at radius 2 is 1.60 bits per heavy atom. The zero-order chi connectivity index (χ0) is 22.1. The van der Waals surface area contributed by atoms with E-state index in [0.29, 0.717) is 11.4 Å². The fourth-order valence-electron chi connectivity index (χ4n) is 2.39. The minimum absolute atomic E-state index is 0.200. The molecule has 30 heavy (non-hydrogen) atoms. The van der Waals surface area contributed by atoms with Crippen LogP contribution in [-0.4, -0.2) is 43.7 Å². The highest BCUT2D eigenvalue weighted by atomic mass is 16.6. The second-order valence-electron chi connectivity index (χ2n) is 7.48. The van der Waals surface area contributed by atoms with Gasteiger partial charge in [0.1, 0.15) is 17.9 Å². The Balaban J connectivity index is 1.90. The summed E-state index contributed by atoms with van der Waals surface area (Å²) in [6, 6.07) is 15.9. The molecule has 2 aromatic rings. The van der Waals surface area contributed by atoms with Crippen LogP contribution < -0.4 is 20.3 Å². The normalized spacial score (nSPS) is 10.7.